The molecule has 7 nitrogen and oxygen atoms in total. The lowest BCUT2D eigenvalue weighted by atomic mass is 10.1. The summed E-state index contributed by atoms with van der Waals surface area (Å²) < 4.78 is 16.4. The number of aromatic nitrogens is 3. The third-order valence-corrected chi connectivity index (χ3v) is 3.49. The molecule has 3 rings (SSSR count). The summed E-state index contributed by atoms with van der Waals surface area (Å²) in [5.41, 5.74) is -1.32. The van der Waals surface area contributed by atoms with Crippen molar-refractivity contribution in [2.75, 3.05) is 0 Å². The minimum Gasteiger partial charge on any atom is -0.507 e. The third-order valence-electron chi connectivity index (χ3n) is 3.49. The van der Waals surface area contributed by atoms with Crippen molar-refractivity contribution >= 4 is 5.97 Å². The van der Waals surface area contributed by atoms with E-state index in [2.05, 4.69) is 5.10 Å². The van der Waals surface area contributed by atoms with Gasteiger partial charge < -0.3 is 10.2 Å². The number of aromatic carboxylic acids is 1. The predicted molar refractivity (Wildman–Crippen MR) is 69.3 cm³/mol. The lowest BCUT2D eigenvalue weighted by Crippen LogP contribution is -2.26. The summed E-state index contributed by atoms with van der Waals surface area (Å²) in [6.07, 6.45) is 2.38. The number of hydrogen-bond acceptors (Lipinski definition) is 4. The topological polar surface area (TPSA) is 97.4 Å². The van der Waals surface area contributed by atoms with Crippen molar-refractivity contribution in [1.29, 1.82) is 0 Å². The van der Waals surface area contributed by atoms with E-state index in [1.54, 1.807) is 0 Å². The molecule has 0 radical (unpaired) electrons. The Labute approximate surface area is 117 Å². The second kappa shape index (κ2) is 4.72. The van der Waals surface area contributed by atoms with Gasteiger partial charge in [-0.05, 0) is 18.9 Å². The number of nitrogens with zero attached hydrogens (tertiary/aromatic N) is 3. The molecule has 2 heterocycles. The van der Waals surface area contributed by atoms with Crippen LogP contribution in [0.3, 0.4) is 0 Å². The maximum absolute atomic E-state index is 14.0. The summed E-state index contributed by atoms with van der Waals surface area (Å²) in [5, 5.41) is 22.5. The molecule has 21 heavy (non-hydrogen) atoms. The van der Waals surface area contributed by atoms with Crippen LogP contribution >= 0.6 is 0 Å². The average Bonchev–Trinajstić information content (AvgIpc) is 2.78. The van der Waals surface area contributed by atoms with Crippen molar-refractivity contribution in [1.82, 2.24) is 14.3 Å². The Morgan fingerprint density at radius 3 is 2.76 bits per heavy atom. The van der Waals surface area contributed by atoms with Gasteiger partial charge in [-0.15, -0.1) is 5.10 Å². The van der Waals surface area contributed by atoms with E-state index in [-0.39, 0.29) is 5.69 Å². The molecule has 2 aromatic rings. The molecule has 2 N–H and O–H groups in total. The quantitative estimate of drug-likeness (QED) is 0.858. The van der Waals surface area contributed by atoms with Gasteiger partial charge in [0.2, 0.25) is 0 Å². The van der Waals surface area contributed by atoms with Crippen LogP contribution in [0.1, 0.15) is 29.0 Å². The average molecular weight is 293 g/mol. The van der Waals surface area contributed by atoms with Gasteiger partial charge in [0.05, 0.1) is 0 Å². The van der Waals surface area contributed by atoms with E-state index in [0.717, 1.165) is 23.6 Å². The van der Waals surface area contributed by atoms with Gasteiger partial charge in [-0.3, -0.25) is 4.57 Å². The van der Waals surface area contributed by atoms with Crippen LogP contribution in [-0.4, -0.2) is 30.5 Å². The van der Waals surface area contributed by atoms with Crippen LogP contribution in [-0.2, 0) is 13.0 Å². The standard InChI is InChI=1S/C13H12FN3O4/c14-8-5-7(12(19)20)10(18)6-9(8)17-13(21)16-4-2-1-3-11(16)15-17/h5-6,18H,1-4H2,(H,19,20). The van der Waals surface area contributed by atoms with Gasteiger partial charge in [0.1, 0.15) is 28.6 Å². The molecule has 0 aliphatic carbocycles. The van der Waals surface area contributed by atoms with Crippen LogP contribution in [0.2, 0.25) is 0 Å². The van der Waals surface area contributed by atoms with E-state index in [9.17, 15) is 19.1 Å². The van der Waals surface area contributed by atoms with Gasteiger partial charge >= 0.3 is 11.7 Å². The minimum atomic E-state index is -1.45. The van der Waals surface area contributed by atoms with Gasteiger partial charge in [0, 0.05) is 19.0 Å². The molecule has 0 bridgehead atoms. The van der Waals surface area contributed by atoms with Crippen molar-refractivity contribution < 1.29 is 19.4 Å². The molecule has 8 heteroatoms. The Bertz CT molecular complexity index is 793. The molecule has 0 saturated carbocycles. The number of benzene rings is 1. The highest BCUT2D eigenvalue weighted by Gasteiger charge is 2.21. The number of phenols is 1. The molecule has 0 fully saturated rings. The van der Waals surface area contributed by atoms with Crippen LogP contribution in [0.5, 0.6) is 5.75 Å². The maximum atomic E-state index is 14.0. The molecule has 0 spiro atoms. The number of halogens is 1. The van der Waals surface area contributed by atoms with Gasteiger partial charge in [-0.1, -0.05) is 0 Å². The number of carboxylic acid groups (broad SMARTS) is 1. The fourth-order valence-corrected chi connectivity index (χ4v) is 2.44. The molecule has 1 aliphatic heterocycles. The molecular formula is C13H12FN3O4. The van der Waals surface area contributed by atoms with Crippen molar-refractivity contribution in [3.63, 3.8) is 0 Å². The molecule has 1 aromatic carbocycles. The van der Waals surface area contributed by atoms with Crippen molar-refractivity contribution in [3.05, 3.63) is 39.8 Å². The lowest BCUT2D eigenvalue weighted by molar-refractivity contribution is 0.0693. The monoisotopic (exact) mass is 293 g/mol. The first-order valence-corrected chi connectivity index (χ1v) is 6.44. The number of carbonyl (C=O) groups is 1. The van der Waals surface area contributed by atoms with Crippen LogP contribution in [0.25, 0.3) is 5.69 Å². The SMILES string of the molecule is O=C(O)c1cc(F)c(-n2nc3n(c2=O)CCCC3)cc1O. The van der Waals surface area contributed by atoms with Gasteiger partial charge in [0.25, 0.3) is 0 Å². The molecular weight excluding hydrogens is 281 g/mol. The summed E-state index contributed by atoms with van der Waals surface area (Å²) in [7, 11) is 0. The molecule has 0 saturated heterocycles. The first-order valence-electron chi connectivity index (χ1n) is 6.44. The summed E-state index contributed by atoms with van der Waals surface area (Å²) in [4.78, 5) is 23.0. The zero-order valence-electron chi connectivity index (χ0n) is 10.9. The summed E-state index contributed by atoms with van der Waals surface area (Å²) in [5.74, 6) is -2.43. The number of carboxylic acids is 1. The largest absolute Gasteiger partial charge is 0.507 e. The van der Waals surface area contributed by atoms with Crippen LogP contribution in [0, 0.1) is 5.82 Å². The first kappa shape index (κ1) is 13.3. The van der Waals surface area contributed by atoms with Crippen LogP contribution < -0.4 is 5.69 Å². The molecule has 0 unspecified atom stereocenters. The van der Waals surface area contributed by atoms with Crippen molar-refractivity contribution in [3.8, 4) is 11.4 Å². The maximum Gasteiger partial charge on any atom is 0.350 e. The number of fused-ring (bicyclic) bond motifs is 1. The highest BCUT2D eigenvalue weighted by Crippen LogP contribution is 2.24. The van der Waals surface area contributed by atoms with E-state index in [4.69, 9.17) is 5.11 Å². The van der Waals surface area contributed by atoms with Crippen LogP contribution in [0.4, 0.5) is 4.39 Å². The highest BCUT2D eigenvalue weighted by molar-refractivity contribution is 5.91. The summed E-state index contributed by atoms with van der Waals surface area (Å²) >= 11 is 0. The lowest BCUT2D eigenvalue weighted by Gasteiger charge is -2.09. The van der Waals surface area contributed by atoms with E-state index in [0.29, 0.717) is 24.9 Å². The normalized spacial score (nSPS) is 14.0. The second-order valence-electron chi connectivity index (χ2n) is 4.85. The van der Waals surface area contributed by atoms with Crippen molar-refractivity contribution in [2.24, 2.45) is 0 Å². The Kier molecular flexibility index (Phi) is 3.00. The molecule has 110 valence electrons. The fraction of sp³-hybridized carbons (Fsp3) is 0.308. The number of aromatic hydroxyl groups is 1. The summed E-state index contributed by atoms with van der Waals surface area (Å²) in [6, 6.07) is 1.58. The van der Waals surface area contributed by atoms with Gasteiger partial charge in [0.15, 0.2) is 0 Å². The predicted octanol–water partition coefficient (Wildman–Crippen LogP) is 0.913. The molecule has 0 amide bonds. The number of hydrogen-bond donors (Lipinski definition) is 2. The fourth-order valence-electron chi connectivity index (χ4n) is 2.44. The van der Waals surface area contributed by atoms with Crippen LogP contribution in [0.15, 0.2) is 16.9 Å². The Morgan fingerprint density at radius 1 is 1.33 bits per heavy atom. The summed E-state index contributed by atoms with van der Waals surface area (Å²) in [6.45, 7) is 0.523. The Morgan fingerprint density at radius 2 is 2.10 bits per heavy atom. The van der Waals surface area contributed by atoms with E-state index in [1.165, 1.54) is 4.57 Å². The van der Waals surface area contributed by atoms with E-state index in [1.807, 2.05) is 0 Å². The number of aryl methyl sites for hydroxylation is 1. The van der Waals surface area contributed by atoms with E-state index < -0.39 is 28.8 Å². The number of rotatable bonds is 2. The third kappa shape index (κ3) is 2.08. The Hall–Kier alpha value is -2.64. The zero-order chi connectivity index (χ0) is 15.1. The molecule has 1 aliphatic rings. The smallest absolute Gasteiger partial charge is 0.350 e. The second-order valence-corrected chi connectivity index (χ2v) is 4.85. The minimum absolute atomic E-state index is 0.260. The first-order chi connectivity index (χ1) is 9.99. The van der Waals surface area contributed by atoms with Gasteiger partial charge in [-0.2, -0.15) is 4.68 Å². The zero-order valence-corrected chi connectivity index (χ0v) is 10.9. The highest BCUT2D eigenvalue weighted by atomic mass is 19.1. The Balaban J connectivity index is 2.18. The molecule has 1 aromatic heterocycles. The van der Waals surface area contributed by atoms with Crippen molar-refractivity contribution in [2.45, 2.75) is 25.8 Å². The molecule has 0 atom stereocenters. The van der Waals surface area contributed by atoms with Gasteiger partial charge in [-0.25, -0.2) is 14.0 Å². The van der Waals surface area contributed by atoms with E-state index >= 15 is 0 Å².